The highest BCUT2D eigenvalue weighted by Crippen LogP contribution is 2.31. The number of piperidine rings is 1. The lowest BCUT2D eigenvalue weighted by Gasteiger charge is -2.37. The molecular weight excluding hydrogens is 360 g/mol. The third kappa shape index (κ3) is 3.91. The molecule has 1 aromatic carbocycles. The van der Waals surface area contributed by atoms with E-state index >= 15 is 0 Å². The molecule has 0 aliphatic carbocycles. The van der Waals surface area contributed by atoms with Crippen LogP contribution in [0.1, 0.15) is 35.6 Å². The first-order chi connectivity index (χ1) is 14.2. The predicted molar refractivity (Wildman–Crippen MR) is 116 cm³/mol. The molecule has 0 amide bonds. The molecule has 3 aliphatic heterocycles. The summed E-state index contributed by atoms with van der Waals surface area (Å²) in [6.45, 7) is 6.90. The molecule has 5 nitrogen and oxygen atoms in total. The SMILES string of the molecule is CN(Cc1ccc2n(c1=O)C[C@@H]1CNC[C@H]2C1)[C@@H]1CCN(Cc2ccccc2)C1. The number of hydrogen-bond donors (Lipinski definition) is 1. The van der Waals surface area contributed by atoms with Crippen LogP contribution in [-0.2, 0) is 19.6 Å². The number of nitrogens with zero attached hydrogens (tertiary/aromatic N) is 3. The third-order valence-electron chi connectivity index (χ3n) is 7.13. The van der Waals surface area contributed by atoms with E-state index in [1.165, 1.54) is 24.1 Å². The average Bonchev–Trinajstić information content (AvgIpc) is 3.20. The maximum Gasteiger partial charge on any atom is 0.255 e. The minimum Gasteiger partial charge on any atom is -0.316 e. The summed E-state index contributed by atoms with van der Waals surface area (Å²) in [5.74, 6) is 1.11. The molecule has 3 atom stereocenters. The maximum absolute atomic E-state index is 13.2. The predicted octanol–water partition coefficient (Wildman–Crippen LogP) is 2.26. The molecule has 5 rings (SSSR count). The minimum atomic E-state index is 0.241. The zero-order chi connectivity index (χ0) is 19.8. The van der Waals surface area contributed by atoms with Gasteiger partial charge in [0.1, 0.15) is 0 Å². The van der Waals surface area contributed by atoms with Crippen molar-refractivity contribution in [3.8, 4) is 0 Å². The molecular formula is C24H32N4O. The first-order valence-electron chi connectivity index (χ1n) is 11.1. The normalized spacial score (nSPS) is 26.6. The first-order valence-corrected chi connectivity index (χ1v) is 11.1. The van der Waals surface area contributed by atoms with Gasteiger partial charge >= 0.3 is 0 Å². The van der Waals surface area contributed by atoms with Gasteiger partial charge in [0.05, 0.1) is 0 Å². The fraction of sp³-hybridized carbons (Fsp3) is 0.542. The van der Waals surface area contributed by atoms with Crippen LogP contribution in [0.3, 0.4) is 0 Å². The standard InChI is InChI=1S/C24H32N4O/c1-26(22-9-10-27(17-22)14-18-5-3-2-4-6-18)16-20-7-8-23-21-11-19(12-25-13-21)15-28(23)24(20)29/h2-8,19,21-22,25H,9-17H2,1H3/t19-,21+,22+/m0/s1. The quantitative estimate of drug-likeness (QED) is 0.848. The lowest BCUT2D eigenvalue weighted by molar-refractivity contribution is 0.219. The number of fused-ring (bicyclic) bond motifs is 4. The van der Waals surface area contributed by atoms with Crippen LogP contribution >= 0.6 is 0 Å². The minimum absolute atomic E-state index is 0.241. The van der Waals surface area contributed by atoms with Crippen molar-refractivity contribution < 1.29 is 0 Å². The van der Waals surface area contributed by atoms with Gasteiger partial charge in [-0.1, -0.05) is 36.4 Å². The van der Waals surface area contributed by atoms with Crippen molar-refractivity contribution in [3.63, 3.8) is 0 Å². The van der Waals surface area contributed by atoms with E-state index in [9.17, 15) is 4.79 Å². The molecule has 2 saturated heterocycles. The molecule has 2 bridgehead atoms. The zero-order valence-electron chi connectivity index (χ0n) is 17.4. The summed E-state index contributed by atoms with van der Waals surface area (Å²) in [5.41, 5.74) is 3.80. The third-order valence-corrected chi connectivity index (χ3v) is 7.13. The number of pyridine rings is 1. The lowest BCUT2D eigenvalue weighted by atomic mass is 9.84. The number of nitrogens with one attached hydrogen (secondary N) is 1. The lowest BCUT2D eigenvalue weighted by Crippen LogP contribution is -2.46. The van der Waals surface area contributed by atoms with E-state index in [1.54, 1.807) is 0 Å². The molecule has 0 radical (unpaired) electrons. The Bertz CT molecular complexity index is 909. The largest absolute Gasteiger partial charge is 0.316 e. The molecule has 5 heteroatoms. The van der Waals surface area contributed by atoms with Crippen LogP contribution in [0.25, 0.3) is 0 Å². The monoisotopic (exact) mass is 392 g/mol. The molecule has 0 saturated carbocycles. The first kappa shape index (κ1) is 19.0. The molecule has 4 heterocycles. The maximum atomic E-state index is 13.2. The number of rotatable bonds is 5. The van der Waals surface area contributed by atoms with Crippen LogP contribution in [0.15, 0.2) is 47.3 Å². The van der Waals surface area contributed by atoms with Crippen LogP contribution in [0, 0.1) is 5.92 Å². The summed E-state index contributed by atoms with van der Waals surface area (Å²) in [5, 5.41) is 3.52. The van der Waals surface area contributed by atoms with Gasteiger partial charge in [0, 0.05) is 62.5 Å². The molecule has 1 N–H and O–H groups in total. The van der Waals surface area contributed by atoms with E-state index in [-0.39, 0.29) is 5.56 Å². The topological polar surface area (TPSA) is 40.5 Å². The molecule has 2 fully saturated rings. The van der Waals surface area contributed by atoms with Crippen molar-refractivity contribution in [1.29, 1.82) is 0 Å². The van der Waals surface area contributed by atoms with Gasteiger partial charge in [-0.3, -0.25) is 14.6 Å². The Kier molecular flexibility index (Phi) is 5.29. The number of likely N-dealkylation sites (N-methyl/N-ethyl adjacent to an activating group) is 1. The zero-order valence-corrected chi connectivity index (χ0v) is 17.4. The molecule has 0 unspecified atom stereocenters. The highest BCUT2D eigenvalue weighted by Gasteiger charge is 2.32. The summed E-state index contributed by atoms with van der Waals surface area (Å²) < 4.78 is 2.08. The number of aromatic nitrogens is 1. The van der Waals surface area contributed by atoms with Crippen LogP contribution in [0.4, 0.5) is 0 Å². The van der Waals surface area contributed by atoms with Crippen molar-refractivity contribution in [2.24, 2.45) is 5.92 Å². The highest BCUT2D eigenvalue weighted by atomic mass is 16.1. The second kappa shape index (κ2) is 8.05. The van der Waals surface area contributed by atoms with Gasteiger partial charge in [-0.25, -0.2) is 0 Å². The molecule has 154 valence electrons. The summed E-state index contributed by atoms with van der Waals surface area (Å²) in [7, 11) is 2.18. The van der Waals surface area contributed by atoms with E-state index in [0.717, 1.165) is 51.4 Å². The Morgan fingerprint density at radius 1 is 1.10 bits per heavy atom. The number of hydrogen-bond acceptors (Lipinski definition) is 4. The van der Waals surface area contributed by atoms with Gasteiger partial charge in [0.15, 0.2) is 0 Å². The summed E-state index contributed by atoms with van der Waals surface area (Å²) >= 11 is 0. The Labute approximate surface area is 173 Å². The second-order valence-corrected chi connectivity index (χ2v) is 9.23. The average molecular weight is 393 g/mol. The molecule has 2 aromatic rings. The Morgan fingerprint density at radius 2 is 1.97 bits per heavy atom. The van der Waals surface area contributed by atoms with E-state index in [1.807, 2.05) is 0 Å². The summed E-state index contributed by atoms with van der Waals surface area (Å²) in [6, 6.07) is 15.5. The Balaban J connectivity index is 1.25. The van der Waals surface area contributed by atoms with Gasteiger partial charge < -0.3 is 9.88 Å². The van der Waals surface area contributed by atoms with E-state index < -0.39 is 0 Å². The van der Waals surface area contributed by atoms with Crippen molar-refractivity contribution in [3.05, 3.63) is 69.6 Å². The van der Waals surface area contributed by atoms with Gasteiger partial charge in [-0.15, -0.1) is 0 Å². The van der Waals surface area contributed by atoms with Gasteiger partial charge in [0.25, 0.3) is 5.56 Å². The van der Waals surface area contributed by atoms with E-state index in [4.69, 9.17) is 0 Å². The van der Waals surface area contributed by atoms with Gasteiger partial charge in [0.2, 0.25) is 0 Å². The summed E-state index contributed by atoms with van der Waals surface area (Å²) in [4.78, 5) is 18.1. The Hall–Kier alpha value is -1.95. The fourth-order valence-corrected chi connectivity index (χ4v) is 5.51. The van der Waals surface area contributed by atoms with Crippen molar-refractivity contribution in [2.75, 3.05) is 33.2 Å². The Morgan fingerprint density at radius 3 is 2.83 bits per heavy atom. The fourth-order valence-electron chi connectivity index (χ4n) is 5.51. The second-order valence-electron chi connectivity index (χ2n) is 9.23. The van der Waals surface area contributed by atoms with Crippen molar-refractivity contribution in [1.82, 2.24) is 19.7 Å². The van der Waals surface area contributed by atoms with Crippen molar-refractivity contribution in [2.45, 2.75) is 44.4 Å². The van der Waals surface area contributed by atoms with Gasteiger partial charge in [-0.05, 0) is 44.0 Å². The van der Waals surface area contributed by atoms with E-state index in [2.05, 4.69) is 69.2 Å². The summed E-state index contributed by atoms with van der Waals surface area (Å²) in [6.07, 6.45) is 2.40. The molecule has 1 aromatic heterocycles. The van der Waals surface area contributed by atoms with Crippen LogP contribution in [-0.4, -0.2) is 53.6 Å². The van der Waals surface area contributed by atoms with Crippen LogP contribution < -0.4 is 10.9 Å². The molecule has 29 heavy (non-hydrogen) atoms. The van der Waals surface area contributed by atoms with Crippen LogP contribution in [0.5, 0.6) is 0 Å². The van der Waals surface area contributed by atoms with E-state index in [0.29, 0.717) is 17.9 Å². The molecule has 0 spiro atoms. The number of likely N-dealkylation sites (tertiary alicyclic amines) is 1. The van der Waals surface area contributed by atoms with Gasteiger partial charge in [-0.2, -0.15) is 0 Å². The van der Waals surface area contributed by atoms with Crippen molar-refractivity contribution >= 4 is 0 Å². The van der Waals surface area contributed by atoms with Crippen LogP contribution in [0.2, 0.25) is 0 Å². The smallest absolute Gasteiger partial charge is 0.255 e. The number of benzene rings is 1. The molecule has 3 aliphatic rings. The highest BCUT2D eigenvalue weighted by molar-refractivity contribution is 5.22.